The Hall–Kier alpha value is -3.58. The van der Waals surface area contributed by atoms with E-state index in [1.165, 1.54) is 6.07 Å². The number of aromatic hydroxyl groups is 2. The van der Waals surface area contributed by atoms with E-state index >= 15 is 0 Å². The molecule has 2 aliphatic rings. The van der Waals surface area contributed by atoms with Crippen LogP contribution in [0.15, 0.2) is 60.9 Å². The monoisotopic (exact) mass is 459 g/mol. The van der Waals surface area contributed by atoms with E-state index in [9.17, 15) is 15.0 Å². The molecule has 2 aliphatic heterocycles. The topological polar surface area (TPSA) is 94.9 Å². The highest BCUT2D eigenvalue weighted by molar-refractivity contribution is 5.93. The molecule has 1 saturated heterocycles. The van der Waals surface area contributed by atoms with Gasteiger partial charge in [0.05, 0.1) is 12.3 Å². The van der Waals surface area contributed by atoms with E-state index in [-0.39, 0.29) is 17.4 Å². The summed E-state index contributed by atoms with van der Waals surface area (Å²) in [6.45, 7) is 3.04. The van der Waals surface area contributed by atoms with E-state index in [1.54, 1.807) is 12.3 Å². The van der Waals surface area contributed by atoms with Crippen LogP contribution in [0.3, 0.4) is 0 Å². The minimum Gasteiger partial charge on any atom is -0.504 e. The van der Waals surface area contributed by atoms with Gasteiger partial charge in [-0.15, -0.1) is 0 Å². The van der Waals surface area contributed by atoms with Crippen LogP contribution in [-0.4, -0.2) is 45.7 Å². The van der Waals surface area contributed by atoms with Gasteiger partial charge in [0.15, 0.2) is 11.5 Å². The predicted octanol–water partition coefficient (Wildman–Crippen LogP) is 4.41. The van der Waals surface area contributed by atoms with Crippen LogP contribution < -0.4 is 10.1 Å². The first kappa shape index (κ1) is 22.2. The van der Waals surface area contributed by atoms with Crippen molar-refractivity contribution in [2.24, 2.45) is 11.8 Å². The van der Waals surface area contributed by atoms with E-state index < -0.39 is 0 Å². The van der Waals surface area contributed by atoms with E-state index in [1.807, 2.05) is 42.6 Å². The molecule has 0 aliphatic carbocycles. The van der Waals surface area contributed by atoms with E-state index in [0.29, 0.717) is 42.8 Å². The highest BCUT2D eigenvalue weighted by atomic mass is 16.5. The normalized spacial score (nSPS) is 21.0. The number of phenols is 2. The fourth-order valence-corrected chi connectivity index (χ4v) is 5.05. The van der Waals surface area contributed by atoms with Gasteiger partial charge in [-0.25, -0.2) is 0 Å². The van der Waals surface area contributed by atoms with Crippen molar-refractivity contribution in [1.82, 2.24) is 9.88 Å². The van der Waals surface area contributed by atoms with Crippen LogP contribution in [-0.2, 0) is 11.3 Å². The van der Waals surface area contributed by atoms with Gasteiger partial charge in [0.25, 0.3) is 0 Å². The molecule has 0 saturated carbocycles. The molecular weight excluding hydrogens is 430 g/mol. The van der Waals surface area contributed by atoms with E-state index in [0.717, 1.165) is 42.6 Å². The molecule has 7 nitrogen and oxygen atoms in total. The van der Waals surface area contributed by atoms with E-state index in [2.05, 4.69) is 15.2 Å². The fraction of sp³-hybridized carbons (Fsp3) is 0.333. The van der Waals surface area contributed by atoms with Gasteiger partial charge in [-0.2, -0.15) is 0 Å². The molecular formula is C27H29N3O4. The number of phenolic OH excluding ortho intramolecular Hbond substituents is 2. The van der Waals surface area contributed by atoms with Crippen molar-refractivity contribution in [3.8, 4) is 28.4 Å². The molecule has 3 heterocycles. The standard InChI is InChI=1S/C27H29N3O4/c31-24-5-3-18(12-25(24)32)16-30-10-7-20-14-27(33)29-23-13-19(21-2-1-9-28-15-21)4-6-26(23)34-11-8-22(20)17-30/h1-6,9,12-13,15,20,22,31-32H,7-8,10-11,14,16-17H2,(H,29,33)/t20-,22-/m0/s1. The maximum Gasteiger partial charge on any atom is 0.224 e. The number of amides is 1. The maximum absolute atomic E-state index is 13.0. The number of piperidine rings is 1. The second-order valence-corrected chi connectivity index (χ2v) is 9.21. The Labute approximate surface area is 199 Å². The first-order valence-corrected chi connectivity index (χ1v) is 11.8. The summed E-state index contributed by atoms with van der Waals surface area (Å²) in [4.78, 5) is 19.5. The quantitative estimate of drug-likeness (QED) is 0.502. The molecule has 0 bridgehead atoms. The number of nitrogens with zero attached hydrogens (tertiary/aromatic N) is 2. The number of hydrogen-bond donors (Lipinski definition) is 3. The zero-order valence-electron chi connectivity index (χ0n) is 19.0. The van der Waals surface area contributed by atoms with Crippen LogP contribution in [0.1, 0.15) is 24.8 Å². The summed E-state index contributed by atoms with van der Waals surface area (Å²) in [6.07, 6.45) is 5.85. The lowest BCUT2D eigenvalue weighted by Crippen LogP contribution is -2.42. The number of fused-ring (bicyclic) bond motifs is 2. The maximum atomic E-state index is 13.0. The number of hydrogen-bond acceptors (Lipinski definition) is 6. The molecule has 2 aromatic carbocycles. The van der Waals surface area contributed by atoms with Crippen molar-refractivity contribution >= 4 is 11.6 Å². The predicted molar refractivity (Wildman–Crippen MR) is 130 cm³/mol. The Kier molecular flexibility index (Phi) is 6.36. The van der Waals surface area contributed by atoms with Crippen molar-refractivity contribution in [3.63, 3.8) is 0 Å². The average Bonchev–Trinajstić information content (AvgIpc) is 2.84. The number of likely N-dealkylation sites (tertiary alicyclic amines) is 1. The molecule has 1 amide bonds. The van der Waals surface area contributed by atoms with Gasteiger partial charge in [0.2, 0.25) is 5.91 Å². The number of rotatable bonds is 3. The third-order valence-electron chi connectivity index (χ3n) is 6.86. The number of nitrogens with one attached hydrogen (secondary N) is 1. The van der Waals surface area contributed by atoms with Gasteiger partial charge in [0, 0.05) is 37.5 Å². The molecule has 7 heteroatoms. The molecule has 5 rings (SSSR count). The van der Waals surface area contributed by atoms with Gasteiger partial charge < -0.3 is 20.3 Å². The Morgan fingerprint density at radius 2 is 1.94 bits per heavy atom. The lowest BCUT2D eigenvalue weighted by Gasteiger charge is -2.39. The molecule has 2 atom stereocenters. The third kappa shape index (κ3) is 4.99. The van der Waals surface area contributed by atoms with Crippen LogP contribution in [0.4, 0.5) is 5.69 Å². The van der Waals surface area contributed by atoms with Crippen LogP contribution in [0, 0.1) is 11.8 Å². The molecule has 3 aromatic rings. The van der Waals surface area contributed by atoms with Crippen molar-refractivity contribution < 1.29 is 19.7 Å². The van der Waals surface area contributed by atoms with Crippen LogP contribution in [0.25, 0.3) is 11.1 Å². The molecule has 0 spiro atoms. The summed E-state index contributed by atoms with van der Waals surface area (Å²) in [5, 5.41) is 22.4. The number of carbonyl (C=O) groups is 1. The summed E-state index contributed by atoms with van der Waals surface area (Å²) in [5.74, 6) is 1.15. The van der Waals surface area contributed by atoms with Gasteiger partial charge >= 0.3 is 0 Å². The fourth-order valence-electron chi connectivity index (χ4n) is 5.05. The second-order valence-electron chi connectivity index (χ2n) is 9.21. The number of ether oxygens (including phenoxy) is 1. The second kappa shape index (κ2) is 9.73. The third-order valence-corrected chi connectivity index (χ3v) is 6.86. The first-order chi connectivity index (χ1) is 16.5. The molecule has 0 radical (unpaired) electrons. The van der Waals surface area contributed by atoms with Crippen molar-refractivity contribution in [3.05, 3.63) is 66.5 Å². The minimum atomic E-state index is -0.106. The zero-order chi connectivity index (χ0) is 23.5. The molecule has 1 aromatic heterocycles. The molecule has 34 heavy (non-hydrogen) atoms. The van der Waals surface area contributed by atoms with Crippen LogP contribution in [0.5, 0.6) is 17.2 Å². The highest BCUT2D eigenvalue weighted by Crippen LogP contribution is 2.35. The van der Waals surface area contributed by atoms with E-state index in [4.69, 9.17) is 4.74 Å². The SMILES string of the molecule is O=C1C[C@@H]2CCN(Cc3ccc(O)c(O)c3)C[C@@H]2CCOc2ccc(-c3cccnc3)cc2N1. The summed E-state index contributed by atoms with van der Waals surface area (Å²) in [6, 6.07) is 14.7. The number of anilines is 1. The number of pyridine rings is 1. The number of aromatic nitrogens is 1. The van der Waals surface area contributed by atoms with Gasteiger partial charge in [-0.1, -0.05) is 18.2 Å². The minimum absolute atomic E-state index is 0.0157. The smallest absolute Gasteiger partial charge is 0.224 e. The van der Waals surface area contributed by atoms with Crippen molar-refractivity contribution in [2.45, 2.75) is 25.8 Å². The Morgan fingerprint density at radius 3 is 2.76 bits per heavy atom. The highest BCUT2D eigenvalue weighted by Gasteiger charge is 2.31. The van der Waals surface area contributed by atoms with Gasteiger partial charge in [-0.05, 0) is 72.7 Å². The summed E-state index contributed by atoms with van der Waals surface area (Å²) >= 11 is 0. The van der Waals surface area contributed by atoms with Crippen molar-refractivity contribution in [1.29, 1.82) is 0 Å². The average molecular weight is 460 g/mol. The molecule has 1 fully saturated rings. The first-order valence-electron chi connectivity index (χ1n) is 11.8. The number of carbonyl (C=O) groups excluding carboxylic acids is 1. The Balaban J connectivity index is 1.29. The molecule has 0 unspecified atom stereocenters. The largest absolute Gasteiger partial charge is 0.504 e. The summed E-state index contributed by atoms with van der Waals surface area (Å²) in [5.41, 5.74) is 3.64. The zero-order valence-corrected chi connectivity index (χ0v) is 19.0. The Bertz CT molecular complexity index is 1170. The van der Waals surface area contributed by atoms with Crippen LogP contribution >= 0.6 is 0 Å². The molecule has 176 valence electrons. The summed E-state index contributed by atoms with van der Waals surface area (Å²) < 4.78 is 6.12. The van der Waals surface area contributed by atoms with Gasteiger partial charge in [-0.3, -0.25) is 14.7 Å². The number of benzene rings is 2. The lowest BCUT2D eigenvalue weighted by molar-refractivity contribution is -0.118. The van der Waals surface area contributed by atoms with Crippen molar-refractivity contribution in [2.75, 3.05) is 25.0 Å². The van der Waals surface area contributed by atoms with Gasteiger partial charge in [0.1, 0.15) is 5.75 Å². The van der Waals surface area contributed by atoms with Crippen LogP contribution in [0.2, 0.25) is 0 Å². The summed E-state index contributed by atoms with van der Waals surface area (Å²) in [7, 11) is 0. The Morgan fingerprint density at radius 1 is 1.03 bits per heavy atom. The lowest BCUT2D eigenvalue weighted by atomic mass is 9.81. The molecule has 3 N–H and O–H groups in total.